The first-order chi connectivity index (χ1) is 18.0. The lowest BCUT2D eigenvalue weighted by atomic mass is 10.1. The van der Waals surface area contributed by atoms with Gasteiger partial charge in [0.25, 0.3) is 0 Å². The molecule has 1 fully saturated rings. The Labute approximate surface area is 216 Å². The van der Waals surface area contributed by atoms with Crippen molar-refractivity contribution in [2.75, 3.05) is 31.1 Å². The minimum Gasteiger partial charge on any atom is -0.352 e. The van der Waals surface area contributed by atoms with E-state index < -0.39 is 0 Å². The molecule has 1 aliphatic rings. The summed E-state index contributed by atoms with van der Waals surface area (Å²) in [6, 6.07) is 16.5. The van der Waals surface area contributed by atoms with Crippen molar-refractivity contribution in [1.82, 2.24) is 24.6 Å². The highest BCUT2D eigenvalue weighted by atomic mass is 19.1. The molecule has 8 heteroatoms. The summed E-state index contributed by atoms with van der Waals surface area (Å²) in [5, 5.41) is 5.67. The van der Waals surface area contributed by atoms with E-state index in [0.29, 0.717) is 32.6 Å². The molecule has 1 aliphatic heterocycles. The standard InChI is InChI=1S/C29H33FN6O/c1-3-4-10-25-31-28(27-21(2)33-36(29(27)32-25)24-14-12-23(30)13-15-24)35-19-17-34(18-20-35)26(37)16-11-22-8-6-5-7-9-22/h5-9,12-15H,3-4,10-11,16-20H2,1-2H3. The number of fused-ring (bicyclic) bond motifs is 1. The first-order valence-corrected chi connectivity index (χ1v) is 13.1. The van der Waals surface area contributed by atoms with Crippen LogP contribution in [0, 0.1) is 12.7 Å². The van der Waals surface area contributed by atoms with Crippen LogP contribution in [0.5, 0.6) is 0 Å². The third kappa shape index (κ3) is 5.48. The number of nitrogens with zero attached hydrogens (tertiary/aromatic N) is 6. The Hall–Kier alpha value is -3.81. The summed E-state index contributed by atoms with van der Waals surface area (Å²) in [4.78, 5) is 27.0. The summed E-state index contributed by atoms with van der Waals surface area (Å²) >= 11 is 0. The lowest BCUT2D eigenvalue weighted by Gasteiger charge is -2.36. The predicted molar refractivity (Wildman–Crippen MR) is 144 cm³/mol. The number of hydrogen-bond donors (Lipinski definition) is 0. The van der Waals surface area contributed by atoms with E-state index in [2.05, 4.69) is 24.0 Å². The van der Waals surface area contributed by atoms with Gasteiger partial charge in [0, 0.05) is 39.0 Å². The quantitative estimate of drug-likeness (QED) is 0.345. The van der Waals surface area contributed by atoms with Gasteiger partial charge < -0.3 is 9.80 Å². The molecule has 1 amide bonds. The zero-order chi connectivity index (χ0) is 25.8. The number of carbonyl (C=O) groups excluding carboxylic acids is 1. The highest BCUT2D eigenvalue weighted by Gasteiger charge is 2.26. The molecule has 0 spiro atoms. The van der Waals surface area contributed by atoms with Crippen molar-refractivity contribution in [3.63, 3.8) is 0 Å². The molecule has 0 saturated carbocycles. The van der Waals surface area contributed by atoms with Crippen LogP contribution in [0.3, 0.4) is 0 Å². The van der Waals surface area contributed by atoms with E-state index in [4.69, 9.17) is 15.1 Å². The summed E-state index contributed by atoms with van der Waals surface area (Å²) in [6.45, 7) is 6.85. The lowest BCUT2D eigenvalue weighted by molar-refractivity contribution is -0.131. The summed E-state index contributed by atoms with van der Waals surface area (Å²) in [7, 11) is 0. The van der Waals surface area contributed by atoms with Crippen LogP contribution in [-0.4, -0.2) is 56.7 Å². The second-order valence-electron chi connectivity index (χ2n) is 9.59. The van der Waals surface area contributed by atoms with E-state index in [9.17, 15) is 9.18 Å². The van der Waals surface area contributed by atoms with E-state index >= 15 is 0 Å². The minimum atomic E-state index is -0.285. The number of amides is 1. The van der Waals surface area contributed by atoms with Gasteiger partial charge in [0.1, 0.15) is 17.5 Å². The molecule has 37 heavy (non-hydrogen) atoms. The number of rotatable bonds is 8. The summed E-state index contributed by atoms with van der Waals surface area (Å²) in [6.07, 6.45) is 4.11. The van der Waals surface area contributed by atoms with Gasteiger partial charge in [-0.25, -0.2) is 19.0 Å². The SMILES string of the molecule is CCCCc1nc(N2CCN(C(=O)CCc3ccccc3)CC2)c2c(C)nn(-c3ccc(F)cc3)c2n1. The van der Waals surface area contributed by atoms with Crippen LogP contribution in [0.15, 0.2) is 54.6 Å². The Morgan fingerprint density at radius 3 is 2.38 bits per heavy atom. The van der Waals surface area contributed by atoms with Crippen LogP contribution in [0.2, 0.25) is 0 Å². The number of aromatic nitrogens is 4. The highest BCUT2D eigenvalue weighted by Crippen LogP contribution is 2.30. The van der Waals surface area contributed by atoms with Crippen LogP contribution in [-0.2, 0) is 17.6 Å². The van der Waals surface area contributed by atoms with Crippen LogP contribution < -0.4 is 4.90 Å². The van der Waals surface area contributed by atoms with Crippen molar-refractivity contribution in [3.05, 3.63) is 77.5 Å². The molecule has 4 aromatic rings. The summed E-state index contributed by atoms with van der Waals surface area (Å²) in [5.41, 5.74) is 3.52. The van der Waals surface area contributed by atoms with Gasteiger partial charge in [0.2, 0.25) is 5.91 Å². The maximum atomic E-state index is 13.6. The lowest BCUT2D eigenvalue weighted by Crippen LogP contribution is -2.49. The average Bonchev–Trinajstić information content (AvgIpc) is 3.27. The fraction of sp³-hybridized carbons (Fsp3) is 0.379. The molecule has 7 nitrogen and oxygen atoms in total. The zero-order valence-corrected chi connectivity index (χ0v) is 21.5. The van der Waals surface area contributed by atoms with Crippen LogP contribution >= 0.6 is 0 Å². The van der Waals surface area contributed by atoms with Crippen molar-refractivity contribution in [2.24, 2.45) is 0 Å². The zero-order valence-electron chi connectivity index (χ0n) is 21.5. The first-order valence-electron chi connectivity index (χ1n) is 13.1. The normalized spacial score (nSPS) is 13.9. The van der Waals surface area contributed by atoms with Gasteiger partial charge in [0.05, 0.1) is 16.8 Å². The fourth-order valence-electron chi connectivity index (χ4n) is 4.87. The largest absolute Gasteiger partial charge is 0.352 e. The predicted octanol–water partition coefficient (Wildman–Crippen LogP) is 4.89. The molecule has 0 bridgehead atoms. The van der Waals surface area contributed by atoms with Gasteiger partial charge in [-0.15, -0.1) is 0 Å². The number of anilines is 1. The Bertz CT molecular complexity index is 1360. The number of carbonyl (C=O) groups is 1. The average molecular weight is 501 g/mol. The summed E-state index contributed by atoms with van der Waals surface area (Å²) < 4.78 is 15.4. The van der Waals surface area contributed by atoms with Crippen LogP contribution in [0.25, 0.3) is 16.7 Å². The van der Waals surface area contributed by atoms with E-state index in [1.54, 1.807) is 16.8 Å². The molecule has 1 saturated heterocycles. The van der Waals surface area contributed by atoms with E-state index in [-0.39, 0.29) is 11.7 Å². The van der Waals surface area contributed by atoms with Gasteiger partial charge in [-0.2, -0.15) is 5.10 Å². The molecule has 0 radical (unpaired) electrons. The number of benzene rings is 2. The molecular formula is C29H33FN6O. The fourth-order valence-corrected chi connectivity index (χ4v) is 4.87. The van der Waals surface area contributed by atoms with Crippen molar-refractivity contribution in [3.8, 4) is 5.69 Å². The maximum absolute atomic E-state index is 13.6. The highest BCUT2D eigenvalue weighted by molar-refractivity contribution is 5.91. The Morgan fingerprint density at radius 1 is 0.946 bits per heavy atom. The third-order valence-electron chi connectivity index (χ3n) is 6.96. The van der Waals surface area contributed by atoms with Crippen LogP contribution in [0.4, 0.5) is 10.2 Å². The monoisotopic (exact) mass is 500 g/mol. The van der Waals surface area contributed by atoms with Gasteiger partial charge in [-0.1, -0.05) is 43.7 Å². The number of hydrogen-bond acceptors (Lipinski definition) is 5. The Balaban J connectivity index is 1.38. The molecular weight excluding hydrogens is 467 g/mol. The molecule has 192 valence electrons. The third-order valence-corrected chi connectivity index (χ3v) is 6.96. The second kappa shape index (κ2) is 11.1. The molecule has 3 heterocycles. The molecule has 5 rings (SSSR count). The number of aryl methyl sites for hydroxylation is 3. The second-order valence-corrected chi connectivity index (χ2v) is 9.59. The molecule has 0 aliphatic carbocycles. The molecule has 2 aromatic heterocycles. The van der Waals surface area contributed by atoms with Gasteiger partial charge in [0.15, 0.2) is 5.65 Å². The smallest absolute Gasteiger partial charge is 0.223 e. The van der Waals surface area contributed by atoms with Crippen molar-refractivity contribution in [1.29, 1.82) is 0 Å². The van der Waals surface area contributed by atoms with Crippen LogP contribution in [0.1, 0.15) is 43.3 Å². The first kappa shape index (κ1) is 24.9. The van der Waals surface area contributed by atoms with Crippen molar-refractivity contribution >= 4 is 22.8 Å². The molecule has 0 unspecified atom stereocenters. The number of unbranched alkanes of at least 4 members (excludes halogenated alkanes) is 1. The van der Waals surface area contributed by atoms with E-state index in [1.165, 1.54) is 17.7 Å². The summed E-state index contributed by atoms with van der Waals surface area (Å²) in [5.74, 6) is 1.57. The topological polar surface area (TPSA) is 67.2 Å². The van der Waals surface area contributed by atoms with E-state index in [1.807, 2.05) is 30.0 Å². The van der Waals surface area contributed by atoms with Gasteiger partial charge in [-0.05, 0) is 49.6 Å². The van der Waals surface area contributed by atoms with Gasteiger partial charge in [-0.3, -0.25) is 4.79 Å². The number of piperazine rings is 1. The molecule has 0 N–H and O–H groups in total. The van der Waals surface area contributed by atoms with Crippen molar-refractivity contribution in [2.45, 2.75) is 46.0 Å². The molecule has 0 atom stereocenters. The molecule has 2 aromatic carbocycles. The van der Waals surface area contributed by atoms with Gasteiger partial charge >= 0.3 is 0 Å². The number of halogens is 1. The minimum absolute atomic E-state index is 0.195. The Morgan fingerprint density at radius 2 is 1.68 bits per heavy atom. The maximum Gasteiger partial charge on any atom is 0.223 e. The van der Waals surface area contributed by atoms with E-state index in [0.717, 1.165) is 59.7 Å². The van der Waals surface area contributed by atoms with Crippen molar-refractivity contribution < 1.29 is 9.18 Å². The Kier molecular flexibility index (Phi) is 7.44.